The van der Waals surface area contributed by atoms with Crippen LogP contribution in [0, 0.1) is 5.92 Å². The first-order valence-corrected chi connectivity index (χ1v) is 6.33. The molecule has 1 saturated heterocycles. The Hall–Kier alpha value is -1.64. The molecule has 19 heavy (non-hydrogen) atoms. The number of alkyl halides is 3. The van der Waals surface area contributed by atoms with Crippen molar-refractivity contribution in [2.45, 2.75) is 25.1 Å². The molecule has 9 heteroatoms. The standard InChI is InChI=1S/C10H10F3N3O2S/c11-10(12,13)6-2-1-5(7(17)15-6)8(18)16-9-14-3-4-19-9/h3-6H,1-2H2,(H,15,17)(H,14,16,18). The zero-order valence-electron chi connectivity index (χ0n) is 9.53. The lowest BCUT2D eigenvalue weighted by atomic mass is 9.93. The molecule has 0 bridgehead atoms. The van der Waals surface area contributed by atoms with Gasteiger partial charge in [-0.05, 0) is 12.8 Å². The van der Waals surface area contributed by atoms with Crippen molar-refractivity contribution in [1.82, 2.24) is 10.3 Å². The number of amides is 2. The van der Waals surface area contributed by atoms with Gasteiger partial charge in [0.05, 0.1) is 0 Å². The quantitative estimate of drug-likeness (QED) is 0.813. The lowest BCUT2D eigenvalue weighted by molar-refractivity contribution is -0.170. The molecule has 0 saturated carbocycles. The monoisotopic (exact) mass is 293 g/mol. The van der Waals surface area contributed by atoms with Crippen LogP contribution in [0.4, 0.5) is 18.3 Å². The van der Waals surface area contributed by atoms with Crippen LogP contribution in [-0.4, -0.2) is 29.0 Å². The molecule has 1 aliphatic rings. The summed E-state index contributed by atoms with van der Waals surface area (Å²) in [6, 6.07) is -1.87. The van der Waals surface area contributed by atoms with Gasteiger partial charge < -0.3 is 10.6 Å². The van der Waals surface area contributed by atoms with Gasteiger partial charge in [0.25, 0.3) is 0 Å². The first-order chi connectivity index (χ1) is 8.88. The van der Waals surface area contributed by atoms with E-state index in [1.54, 1.807) is 5.38 Å². The third kappa shape index (κ3) is 3.22. The van der Waals surface area contributed by atoms with E-state index in [1.807, 2.05) is 5.32 Å². The van der Waals surface area contributed by atoms with Crippen molar-refractivity contribution in [2.75, 3.05) is 5.32 Å². The summed E-state index contributed by atoms with van der Waals surface area (Å²) >= 11 is 1.17. The summed E-state index contributed by atoms with van der Waals surface area (Å²) in [5.41, 5.74) is 0. The highest BCUT2D eigenvalue weighted by Gasteiger charge is 2.45. The number of carbonyl (C=O) groups excluding carboxylic acids is 2. The maximum absolute atomic E-state index is 12.4. The van der Waals surface area contributed by atoms with Crippen LogP contribution in [0.15, 0.2) is 11.6 Å². The van der Waals surface area contributed by atoms with Crippen molar-refractivity contribution in [3.63, 3.8) is 0 Å². The summed E-state index contributed by atoms with van der Waals surface area (Å²) in [6.07, 6.45) is -3.44. The summed E-state index contributed by atoms with van der Waals surface area (Å²) in [6.45, 7) is 0. The van der Waals surface area contributed by atoms with Crippen LogP contribution >= 0.6 is 11.3 Å². The van der Waals surface area contributed by atoms with Crippen molar-refractivity contribution in [1.29, 1.82) is 0 Å². The van der Waals surface area contributed by atoms with Crippen LogP contribution in [0.25, 0.3) is 0 Å². The van der Waals surface area contributed by atoms with Crippen LogP contribution in [0.1, 0.15) is 12.8 Å². The molecule has 2 amide bonds. The molecule has 5 nitrogen and oxygen atoms in total. The van der Waals surface area contributed by atoms with E-state index in [0.717, 1.165) is 0 Å². The molecule has 1 fully saturated rings. The van der Waals surface area contributed by atoms with Gasteiger partial charge in [0.1, 0.15) is 12.0 Å². The number of piperidine rings is 1. The van der Waals surface area contributed by atoms with Gasteiger partial charge in [-0.25, -0.2) is 4.98 Å². The van der Waals surface area contributed by atoms with Gasteiger partial charge in [-0.1, -0.05) is 0 Å². The number of thiazole rings is 1. The summed E-state index contributed by atoms with van der Waals surface area (Å²) in [7, 11) is 0. The van der Waals surface area contributed by atoms with E-state index < -0.39 is 30.0 Å². The van der Waals surface area contributed by atoms with E-state index in [2.05, 4.69) is 10.3 Å². The highest BCUT2D eigenvalue weighted by Crippen LogP contribution is 2.29. The molecule has 1 aliphatic heterocycles. The second kappa shape index (κ2) is 5.16. The van der Waals surface area contributed by atoms with Crippen molar-refractivity contribution in [2.24, 2.45) is 5.92 Å². The molecule has 1 aromatic rings. The van der Waals surface area contributed by atoms with Crippen LogP contribution in [0.2, 0.25) is 0 Å². The first kappa shape index (κ1) is 13.8. The minimum atomic E-state index is -4.48. The number of nitrogens with one attached hydrogen (secondary N) is 2. The second-order valence-electron chi connectivity index (χ2n) is 4.06. The Labute approximate surface area is 110 Å². The molecule has 2 rings (SSSR count). The van der Waals surface area contributed by atoms with E-state index in [0.29, 0.717) is 5.13 Å². The Kier molecular flexibility index (Phi) is 3.74. The Bertz CT molecular complexity index is 475. The zero-order chi connectivity index (χ0) is 14.0. The van der Waals surface area contributed by atoms with E-state index in [-0.39, 0.29) is 12.8 Å². The van der Waals surface area contributed by atoms with Crippen molar-refractivity contribution < 1.29 is 22.8 Å². The van der Waals surface area contributed by atoms with Gasteiger partial charge in [0, 0.05) is 11.6 Å². The van der Waals surface area contributed by atoms with Crippen LogP contribution in [0.5, 0.6) is 0 Å². The van der Waals surface area contributed by atoms with Crippen molar-refractivity contribution >= 4 is 28.3 Å². The molecular weight excluding hydrogens is 283 g/mol. The molecule has 2 atom stereocenters. The maximum atomic E-state index is 12.4. The summed E-state index contributed by atoms with van der Waals surface area (Å²) in [5.74, 6) is -2.64. The average Bonchev–Trinajstić information content (AvgIpc) is 2.80. The Morgan fingerprint density at radius 3 is 2.74 bits per heavy atom. The van der Waals surface area contributed by atoms with Crippen molar-refractivity contribution in [3.05, 3.63) is 11.6 Å². The molecule has 2 unspecified atom stereocenters. The minimum Gasteiger partial charge on any atom is -0.344 e. The number of halogens is 3. The molecule has 2 heterocycles. The Balaban J connectivity index is 1.96. The van der Waals surface area contributed by atoms with Crippen LogP contribution < -0.4 is 10.6 Å². The Morgan fingerprint density at radius 1 is 1.47 bits per heavy atom. The molecular formula is C10H10F3N3O2S. The fourth-order valence-corrected chi connectivity index (χ4v) is 2.31. The fourth-order valence-electron chi connectivity index (χ4n) is 1.78. The third-order valence-electron chi connectivity index (χ3n) is 2.75. The minimum absolute atomic E-state index is 0.132. The lowest BCUT2D eigenvalue weighted by Gasteiger charge is -2.29. The van der Waals surface area contributed by atoms with Gasteiger partial charge in [0.15, 0.2) is 5.13 Å². The largest absolute Gasteiger partial charge is 0.408 e. The first-order valence-electron chi connectivity index (χ1n) is 5.45. The normalized spacial score (nSPS) is 23.8. The van der Waals surface area contributed by atoms with Crippen LogP contribution in [-0.2, 0) is 9.59 Å². The summed E-state index contributed by atoms with van der Waals surface area (Å²) in [4.78, 5) is 27.1. The molecule has 1 aromatic heterocycles. The number of nitrogens with zero attached hydrogens (tertiary/aromatic N) is 1. The number of rotatable bonds is 2. The molecule has 104 valence electrons. The van der Waals surface area contributed by atoms with Gasteiger partial charge >= 0.3 is 6.18 Å². The van der Waals surface area contributed by atoms with E-state index in [9.17, 15) is 22.8 Å². The van der Waals surface area contributed by atoms with Crippen LogP contribution in [0.3, 0.4) is 0 Å². The van der Waals surface area contributed by atoms with Crippen molar-refractivity contribution in [3.8, 4) is 0 Å². The van der Waals surface area contributed by atoms with E-state index in [1.165, 1.54) is 17.5 Å². The number of aromatic nitrogens is 1. The topological polar surface area (TPSA) is 71.1 Å². The van der Waals surface area contributed by atoms with E-state index in [4.69, 9.17) is 0 Å². The maximum Gasteiger partial charge on any atom is 0.408 e. The summed E-state index contributed by atoms with van der Waals surface area (Å²) < 4.78 is 37.3. The van der Waals surface area contributed by atoms with Gasteiger partial charge in [0.2, 0.25) is 11.8 Å². The average molecular weight is 293 g/mol. The highest BCUT2D eigenvalue weighted by molar-refractivity contribution is 7.13. The highest BCUT2D eigenvalue weighted by atomic mass is 32.1. The number of hydrogen-bond donors (Lipinski definition) is 2. The zero-order valence-corrected chi connectivity index (χ0v) is 10.3. The molecule has 0 spiro atoms. The predicted octanol–water partition coefficient (Wildman–Crippen LogP) is 1.54. The number of anilines is 1. The number of hydrogen-bond acceptors (Lipinski definition) is 4. The molecule has 2 N–H and O–H groups in total. The SMILES string of the molecule is O=C(Nc1nccs1)C1CCC(C(F)(F)F)NC1=O. The fraction of sp³-hybridized carbons (Fsp3) is 0.500. The number of carbonyl (C=O) groups is 2. The molecule has 0 aromatic carbocycles. The van der Waals surface area contributed by atoms with Gasteiger partial charge in [-0.3, -0.25) is 9.59 Å². The predicted molar refractivity (Wildman–Crippen MR) is 61.5 cm³/mol. The lowest BCUT2D eigenvalue weighted by Crippen LogP contribution is -2.53. The van der Waals surface area contributed by atoms with Gasteiger partial charge in [-0.15, -0.1) is 11.3 Å². The van der Waals surface area contributed by atoms with E-state index >= 15 is 0 Å². The van der Waals surface area contributed by atoms with Gasteiger partial charge in [-0.2, -0.15) is 13.2 Å². The smallest absolute Gasteiger partial charge is 0.344 e. The summed E-state index contributed by atoms with van der Waals surface area (Å²) in [5, 5.41) is 6.18. The third-order valence-corrected chi connectivity index (χ3v) is 3.44. The molecule has 0 radical (unpaired) electrons. The molecule has 0 aliphatic carbocycles. The Morgan fingerprint density at radius 2 is 2.21 bits per heavy atom. The second-order valence-corrected chi connectivity index (χ2v) is 4.95.